The third kappa shape index (κ3) is 3.02. The number of rotatable bonds is 4. The summed E-state index contributed by atoms with van der Waals surface area (Å²) in [6, 6.07) is 11.8. The summed E-state index contributed by atoms with van der Waals surface area (Å²) in [4.78, 5) is 2.55. The van der Waals surface area contributed by atoms with Crippen LogP contribution >= 0.6 is 0 Å². The van der Waals surface area contributed by atoms with E-state index in [1.54, 1.807) is 0 Å². The highest BCUT2D eigenvalue weighted by atomic mass is 15.3. The number of aryl methyl sites for hydroxylation is 1. The fourth-order valence-electron chi connectivity index (χ4n) is 2.97. The summed E-state index contributed by atoms with van der Waals surface area (Å²) in [5, 5.41) is 7.79. The largest absolute Gasteiger partial charge is 0.378 e. The standard InChI is InChI=1S/C16H22N4/c1-13-8-15(18-16-9-17-19(2)11-16)12-20(13)10-14-6-4-3-5-7-14/h3-7,9,11,13,15,18H,8,10,12H2,1-2H3. The van der Waals surface area contributed by atoms with Crippen LogP contribution in [-0.2, 0) is 13.6 Å². The Hall–Kier alpha value is -1.81. The molecule has 0 spiro atoms. The lowest BCUT2D eigenvalue weighted by molar-refractivity contribution is 0.259. The van der Waals surface area contributed by atoms with E-state index in [4.69, 9.17) is 0 Å². The highest BCUT2D eigenvalue weighted by Crippen LogP contribution is 2.22. The van der Waals surface area contributed by atoms with E-state index in [1.807, 2.05) is 24.1 Å². The first-order chi connectivity index (χ1) is 9.70. The minimum Gasteiger partial charge on any atom is -0.378 e. The molecule has 1 fully saturated rings. The summed E-state index contributed by atoms with van der Waals surface area (Å²) in [7, 11) is 1.95. The first kappa shape index (κ1) is 13.2. The molecule has 3 rings (SSSR count). The number of nitrogens with one attached hydrogen (secondary N) is 1. The van der Waals surface area contributed by atoms with Gasteiger partial charge in [0.2, 0.25) is 0 Å². The highest BCUT2D eigenvalue weighted by Gasteiger charge is 2.28. The van der Waals surface area contributed by atoms with Gasteiger partial charge in [0, 0.05) is 38.4 Å². The SMILES string of the molecule is CC1CC(Nc2cnn(C)c2)CN1Cc1ccccc1. The van der Waals surface area contributed by atoms with Gasteiger partial charge in [-0.3, -0.25) is 9.58 Å². The molecule has 0 radical (unpaired) electrons. The van der Waals surface area contributed by atoms with Crippen molar-refractivity contribution >= 4 is 5.69 Å². The number of hydrogen-bond acceptors (Lipinski definition) is 3. The number of aromatic nitrogens is 2. The van der Waals surface area contributed by atoms with Crippen LogP contribution in [0.3, 0.4) is 0 Å². The predicted octanol–water partition coefficient (Wildman–Crippen LogP) is 2.50. The van der Waals surface area contributed by atoms with Crippen molar-refractivity contribution in [1.82, 2.24) is 14.7 Å². The molecular formula is C16H22N4. The van der Waals surface area contributed by atoms with Gasteiger partial charge in [-0.25, -0.2) is 0 Å². The van der Waals surface area contributed by atoms with Gasteiger partial charge >= 0.3 is 0 Å². The van der Waals surface area contributed by atoms with Gasteiger partial charge < -0.3 is 5.32 Å². The topological polar surface area (TPSA) is 33.1 Å². The van der Waals surface area contributed by atoms with Gasteiger partial charge in [0.1, 0.15) is 0 Å². The van der Waals surface area contributed by atoms with Gasteiger partial charge in [0.05, 0.1) is 11.9 Å². The van der Waals surface area contributed by atoms with E-state index in [0.717, 1.165) is 18.8 Å². The van der Waals surface area contributed by atoms with Gasteiger partial charge in [-0.05, 0) is 18.9 Å². The maximum Gasteiger partial charge on any atom is 0.0728 e. The third-order valence-corrected chi connectivity index (χ3v) is 4.01. The van der Waals surface area contributed by atoms with Crippen molar-refractivity contribution in [3.8, 4) is 0 Å². The number of nitrogens with zero attached hydrogens (tertiary/aromatic N) is 3. The van der Waals surface area contributed by atoms with Crippen LogP contribution in [0.4, 0.5) is 5.69 Å². The molecule has 1 saturated heterocycles. The van der Waals surface area contributed by atoms with E-state index in [2.05, 4.69) is 52.6 Å². The molecule has 1 aromatic heterocycles. The highest BCUT2D eigenvalue weighted by molar-refractivity contribution is 5.39. The molecule has 1 aromatic carbocycles. The smallest absolute Gasteiger partial charge is 0.0728 e. The molecule has 1 N–H and O–H groups in total. The molecule has 4 nitrogen and oxygen atoms in total. The van der Waals surface area contributed by atoms with Crippen molar-refractivity contribution in [2.75, 3.05) is 11.9 Å². The Morgan fingerprint density at radius 1 is 1.30 bits per heavy atom. The van der Waals surface area contributed by atoms with Gasteiger partial charge in [-0.15, -0.1) is 0 Å². The van der Waals surface area contributed by atoms with Crippen LogP contribution < -0.4 is 5.32 Å². The van der Waals surface area contributed by atoms with Crippen molar-refractivity contribution in [2.24, 2.45) is 7.05 Å². The van der Waals surface area contributed by atoms with Crippen LogP contribution in [0.1, 0.15) is 18.9 Å². The fraction of sp³-hybridized carbons (Fsp3) is 0.438. The molecule has 0 aliphatic carbocycles. The Balaban J connectivity index is 1.59. The lowest BCUT2D eigenvalue weighted by atomic mass is 10.2. The van der Waals surface area contributed by atoms with Crippen LogP contribution in [0.2, 0.25) is 0 Å². The van der Waals surface area contributed by atoms with Gasteiger partial charge in [0.15, 0.2) is 0 Å². The normalized spacial score (nSPS) is 23.1. The summed E-state index contributed by atoms with van der Waals surface area (Å²) >= 11 is 0. The van der Waals surface area contributed by atoms with E-state index in [1.165, 1.54) is 12.0 Å². The van der Waals surface area contributed by atoms with Crippen LogP contribution in [0, 0.1) is 0 Å². The molecule has 0 amide bonds. The first-order valence-corrected chi connectivity index (χ1v) is 7.24. The van der Waals surface area contributed by atoms with Crippen molar-refractivity contribution in [1.29, 1.82) is 0 Å². The molecule has 2 atom stereocenters. The van der Waals surface area contributed by atoms with Crippen LogP contribution in [-0.4, -0.2) is 33.3 Å². The molecule has 106 valence electrons. The van der Waals surface area contributed by atoms with Gasteiger partial charge in [0.25, 0.3) is 0 Å². The summed E-state index contributed by atoms with van der Waals surface area (Å²) < 4.78 is 1.84. The maximum atomic E-state index is 4.21. The summed E-state index contributed by atoms with van der Waals surface area (Å²) in [6.07, 6.45) is 5.11. The van der Waals surface area contributed by atoms with Crippen LogP contribution in [0.25, 0.3) is 0 Å². The number of benzene rings is 1. The van der Waals surface area contributed by atoms with E-state index in [0.29, 0.717) is 12.1 Å². The lowest BCUT2D eigenvalue weighted by Gasteiger charge is -2.20. The Kier molecular flexibility index (Phi) is 3.74. The Bertz CT molecular complexity index is 549. The molecule has 4 heteroatoms. The molecule has 2 aromatic rings. The quantitative estimate of drug-likeness (QED) is 0.926. The zero-order chi connectivity index (χ0) is 13.9. The van der Waals surface area contributed by atoms with Crippen molar-refractivity contribution in [3.05, 3.63) is 48.3 Å². The van der Waals surface area contributed by atoms with E-state index in [9.17, 15) is 0 Å². The molecule has 20 heavy (non-hydrogen) atoms. The second-order valence-corrected chi connectivity index (χ2v) is 5.74. The Morgan fingerprint density at radius 2 is 2.10 bits per heavy atom. The third-order valence-electron chi connectivity index (χ3n) is 4.01. The fourth-order valence-corrected chi connectivity index (χ4v) is 2.97. The molecule has 2 heterocycles. The number of anilines is 1. The maximum absolute atomic E-state index is 4.21. The van der Waals surface area contributed by atoms with Gasteiger partial charge in [-0.2, -0.15) is 5.10 Å². The zero-order valence-corrected chi connectivity index (χ0v) is 12.2. The van der Waals surface area contributed by atoms with Gasteiger partial charge in [-0.1, -0.05) is 30.3 Å². The Labute approximate surface area is 120 Å². The number of likely N-dealkylation sites (tertiary alicyclic amines) is 1. The predicted molar refractivity (Wildman–Crippen MR) is 81.5 cm³/mol. The second-order valence-electron chi connectivity index (χ2n) is 5.74. The molecule has 0 bridgehead atoms. The average molecular weight is 270 g/mol. The zero-order valence-electron chi connectivity index (χ0n) is 12.2. The summed E-state index contributed by atoms with van der Waals surface area (Å²) in [5.41, 5.74) is 2.51. The summed E-state index contributed by atoms with van der Waals surface area (Å²) in [5.74, 6) is 0. The molecule has 0 saturated carbocycles. The van der Waals surface area contributed by atoms with E-state index >= 15 is 0 Å². The first-order valence-electron chi connectivity index (χ1n) is 7.24. The Morgan fingerprint density at radius 3 is 2.80 bits per heavy atom. The van der Waals surface area contributed by atoms with E-state index < -0.39 is 0 Å². The lowest BCUT2D eigenvalue weighted by Crippen LogP contribution is -2.28. The molecular weight excluding hydrogens is 248 g/mol. The minimum atomic E-state index is 0.512. The van der Waals surface area contributed by atoms with Crippen LogP contribution in [0.15, 0.2) is 42.7 Å². The van der Waals surface area contributed by atoms with Crippen molar-refractivity contribution in [2.45, 2.75) is 32.0 Å². The molecule has 1 aliphatic rings. The van der Waals surface area contributed by atoms with E-state index in [-0.39, 0.29) is 0 Å². The minimum absolute atomic E-state index is 0.512. The number of hydrogen-bond donors (Lipinski definition) is 1. The summed E-state index contributed by atoms with van der Waals surface area (Å²) in [6.45, 7) is 4.44. The molecule has 1 aliphatic heterocycles. The monoisotopic (exact) mass is 270 g/mol. The van der Waals surface area contributed by atoms with Crippen molar-refractivity contribution < 1.29 is 0 Å². The van der Waals surface area contributed by atoms with Crippen LogP contribution in [0.5, 0.6) is 0 Å². The average Bonchev–Trinajstić information content (AvgIpc) is 2.98. The van der Waals surface area contributed by atoms with Crippen molar-refractivity contribution in [3.63, 3.8) is 0 Å². The second kappa shape index (κ2) is 5.67. The molecule has 2 unspecified atom stereocenters.